The Labute approximate surface area is 106 Å². The first-order chi connectivity index (χ1) is 8.11. The number of likely N-dealkylation sites (tertiary alicyclic amines) is 1. The van der Waals surface area contributed by atoms with E-state index in [-0.39, 0.29) is 18.4 Å². The molecule has 0 aromatic carbocycles. The molecule has 94 valence electrons. The van der Waals surface area contributed by atoms with Gasteiger partial charge in [-0.1, -0.05) is 6.92 Å². The lowest BCUT2D eigenvalue weighted by molar-refractivity contribution is 0.0870. The predicted molar refractivity (Wildman–Crippen MR) is 69.6 cm³/mol. The average Bonchev–Trinajstić information content (AvgIpc) is 2.86. The van der Waals surface area contributed by atoms with E-state index in [1.165, 1.54) is 4.88 Å². The van der Waals surface area contributed by atoms with Gasteiger partial charge in [-0.25, -0.2) is 0 Å². The summed E-state index contributed by atoms with van der Waals surface area (Å²) < 4.78 is 0. The van der Waals surface area contributed by atoms with Gasteiger partial charge in [0.1, 0.15) is 0 Å². The number of hydrogen-bond donors (Lipinski definition) is 1. The van der Waals surface area contributed by atoms with Gasteiger partial charge in [0.2, 0.25) is 0 Å². The maximum atomic E-state index is 12.1. The van der Waals surface area contributed by atoms with Crippen LogP contribution in [0.25, 0.3) is 0 Å². The van der Waals surface area contributed by atoms with Crippen molar-refractivity contribution in [3.05, 3.63) is 21.9 Å². The summed E-state index contributed by atoms with van der Waals surface area (Å²) in [6, 6.07) is 4.03. The van der Waals surface area contributed by atoms with Crippen molar-refractivity contribution in [3.8, 4) is 0 Å². The van der Waals surface area contributed by atoms with E-state index in [4.69, 9.17) is 0 Å². The number of nitrogens with zero attached hydrogens (tertiary/aromatic N) is 1. The van der Waals surface area contributed by atoms with Gasteiger partial charge in [-0.2, -0.15) is 0 Å². The third kappa shape index (κ3) is 2.76. The Morgan fingerprint density at radius 3 is 2.94 bits per heavy atom. The zero-order valence-corrected chi connectivity index (χ0v) is 11.2. The van der Waals surface area contributed by atoms with Crippen molar-refractivity contribution in [2.45, 2.75) is 26.3 Å². The van der Waals surface area contributed by atoms with E-state index in [1.54, 1.807) is 11.3 Å². The van der Waals surface area contributed by atoms with Crippen LogP contribution in [0, 0.1) is 12.8 Å². The molecule has 1 saturated heterocycles. The molecule has 0 radical (unpaired) electrons. The van der Waals surface area contributed by atoms with Gasteiger partial charge < -0.3 is 5.11 Å². The number of carbonyl (C=O) groups is 1. The monoisotopic (exact) mass is 253 g/mol. The fourth-order valence-electron chi connectivity index (χ4n) is 2.43. The number of aliphatic hydroxyl groups is 1. The minimum Gasteiger partial charge on any atom is -0.395 e. The summed E-state index contributed by atoms with van der Waals surface area (Å²) in [4.78, 5) is 16.2. The summed E-state index contributed by atoms with van der Waals surface area (Å²) in [6.07, 6.45) is 1.07. The quantitative estimate of drug-likeness (QED) is 0.834. The normalized spacial score (nSPS) is 25.4. The zero-order valence-electron chi connectivity index (χ0n) is 10.3. The molecule has 0 bridgehead atoms. The van der Waals surface area contributed by atoms with E-state index in [1.807, 2.05) is 19.1 Å². The van der Waals surface area contributed by atoms with Crippen LogP contribution in [-0.2, 0) is 0 Å². The maximum absolute atomic E-state index is 12.1. The molecule has 2 rings (SSSR count). The van der Waals surface area contributed by atoms with Crippen LogP contribution in [0.15, 0.2) is 12.1 Å². The molecular weight excluding hydrogens is 234 g/mol. The van der Waals surface area contributed by atoms with Crippen molar-refractivity contribution in [2.75, 3.05) is 19.7 Å². The lowest BCUT2D eigenvalue weighted by Gasteiger charge is -2.23. The fraction of sp³-hybridized carbons (Fsp3) is 0.615. The molecule has 1 fully saturated rings. The van der Waals surface area contributed by atoms with E-state index >= 15 is 0 Å². The molecule has 1 aromatic rings. The Hall–Kier alpha value is -0.710. The van der Waals surface area contributed by atoms with Gasteiger partial charge in [0.25, 0.3) is 0 Å². The van der Waals surface area contributed by atoms with E-state index < -0.39 is 0 Å². The average molecular weight is 253 g/mol. The summed E-state index contributed by atoms with van der Waals surface area (Å²) in [7, 11) is 0. The van der Waals surface area contributed by atoms with Gasteiger partial charge in [-0.3, -0.25) is 9.69 Å². The molecule has 0 aliphatic carbocycles. The number of ketones is 1. The summed E-state index contributed by atoms with van der Waals surface area (Å²) >= 11 is 1.55. The summed E-state index contributed by atoms with van der Waals surface area (Å²) in [5.41, 5.74) is 0. The number of rotatable bonds is 4. The first-order valence-corrected chi connectivity index (χ1v) is 6.88. The lowest BCUT2D eigenvalue weighted by Crippen LogP contribution is -2.38. The topological polar surface area (TPSA) is 40.5 Å². The van der Waals surface area contributed by atoms with Gasteiger partial charge in [0.15, 0.2) is 5.78 Å². The van der Waals surface area contributed by atoms with Gasteiger partial charge >= 0.3 is 0 Å². The minimum atomic E-state index is 0.151. The van der Waals surface area contributed by atoms with Gasteiger partial charge in [-0.15, -0.1) is 11.3 Å². The first-order valence-electron chi connectivity index (χ1n) is 6.06. The first kappa shape index (κ1) is 12.7. The summed E-state index contributed by atoms with van der Waals surface area (Å²) in [6.45, 7) is 5.66. The third-order valence-electron chi connectivity index (χ3n) is 3.55. The highest BCUT2D eigenvalue weighted by atomic mass is 32.1. The maximum Gasteiger partial charge on any atom is 0.186 e. The molecule has 17 heavy (non-hydrogen) atoms. The molecule has 4 heteroatoms. The largest absolute Gasteiger partial charge is 0.395 e. The molecule has 2 unspecified atom stereocenters. The van der Waals surface area contributed by atoms with E-state index in [2.05, 4.69) is 11.8 Å². The highest BCUT2D eigenvalue weighted by molar-refractivity contribution is 7.14. The molecular formula is C13H19NO2S. The lowest BCUT2D eigenvalue weighted by atomic mass is 10.0. The van der Waals surface area contributed by atoms with Crippen molar-refractivity contribution in [1.29, 1.82) is 0 Å². The minimum absolute atomic E-state index is 0.151. The second kappa shape index (κ2) is 5.29. The molecule has 2 atom stereocenters. The Morgan fingerprint density at radius 1 is 1.59 bits per heavy atom. The number of thiophene rings is 1. The molecule has 1 N–H and O–H groups in total. The van der Waals surface area contributed by atoms with E-state index in [0.717, 1.165) is 17.8 Å². The highest BCUT2D eigenvalue weighted by Crippen LogP contribution is 2.24. The second-order valence-electron chi connectivity index (χ2n) is 4.82. The van der Waals surface area contributed by atoms with Crippen molar-refractivity contribution >= 4 is 17.1 Å². The number of carbonyl (C=O) groups excluding carboxylic acids is 1. The fourth-order valence-corrected chi connectivity index (χ4v) is 3.22. The van der Waals surface area contributed by atoms with Crippen LogP contribution in [-0.4, -0.2) is 41.5 Å². The Balaban J connectivity index is 1.99. The number of hydrogen-bond acceptors (Lipinski definition) is 4. The van der Waals surface area contributed by atoms with E-state index in [9.17, 15) is 9.90 Å². The standard InChI is InChI=1S/C13H19NO2S/c1-9-5-6-14(11(9)8-15)7-12(16)13-4-3-10(2)17-13/h3-4,9,11,15H,5-8H2,1-2H3. The van der Waals surface area contributed by atoms with Crippen LogP contribution in [0.3, 0.4) is 0 Å². The number of aliphatic hydroxyl groups excluding tert-OH is 1. The SMILES string of the molecule is Cc1ccc(C(=O)CN2CCC(C)C2CO)s1. The zero-order chi connectivity index (χ0) is 12.4. The van der Waals surface area contributed by atoms with Crippen LogP contribution in [0.2, 0.25) is 0 Å². The second-order valence-corrected chi connectivity index (χ2v) is 6.11. The van der Waals surface area contributed by atoms with Crippen LogP contribution in [0.1, 0.15) is 27.9 Å². The Kier molecular flexibility index (Phi) is 3.97. The van der Waals surface area contributed by atoms with Gasteiger partial charge in [0, 0.05) is 10.9 Å². The molecule has 0 amide bonds. The predicted octanol–water partition coefficient (Wildman–Crippen LogP) is 1.94. The number of aryl methyl sites for hydroxylation is 1. The van der Waals surface area contributed by atoms with Crippen molar-refractivity contribution in [2.24, 2.45) is 5.92 Å². The molecule has 1 aromatic heterocycles. The molecule has 1 aliphatic heterocycles. The smallest absolute Gasteiger partial charge is 0.186 e. The van der Waals surface area contributed by atoms with Gasteiger partial charge in [-0.05, 0) is 37.9 Å². The van der Waals surface area contributed by atoms with Crippen LogP contribution < -0.4 is 0 Å². The van der Waals surface area contributed by atoms with E-state index in [0.29, 0.717) is 12.5 Å². The third-order valence-corrected chi connectivity index (χ3v) is 4.59. The molecule has 2 heterocycles. The molecule has 0 saturated carbocycles. The number of Topliss-reactive ketones (excluding diaryl/α,β-unsaturated/α-hetero) is 1. The summed E-state index contributed by atoms with van der Waals surface area (Å²) in [5.74, 6) is 0.661. The molecule has 3 nitrogen and oxygen atoms in total. The van der Waals surface area contributed by atoms with Gasteiger partial charge in [0.05, 0.1) is 18.0 Å². The van der Waals surface area contributed by atoms with Crippen molar-refractivity contribution in [1.82, 2.24) is 4.90 Å². The molecule has 1 aliphatic rings. The van der Waals surface area contributed by atoms with Crippen LogP contribution in [0.4, 0.5) is 0 Å². The van der Waals surface area contributed by atoms with Crippen molar-refractivity contribution in [3.63, 3.8) is 0 Å². The molecule has 0 spiro atoms. The summed E-state index contributed by atoms with van der Waals surface area (Å²) in [5, 5.41) is 9.34. The Morgan fingerprint density at radius 2 is 2.35 bits per heavy atom. The van der Waals surface area contributed by atoms with Crippen molar-refractivity contribution < 1.29 is 9.90 Å². The van der Waals surface area contributed by atoms with Crippen LogP contribution in [0.5, 0.6) is 0 Å². The Bertz CT molecular complexity index is 402. The van der Waals surface area contributed by atoms with Crippen LogP contribution >= 0.6 is 11.3 Å². The highest BCUT2D eigenvalue weighted by Gasteiger charge is 2.31.